The second-order valence-electron chi connectivity index (χ2n) is 4.35. The lowest BCUT2D eigenvalue weighted by Crippen LogP contribution is -2.49. The smallest absolute Gasteiger partial charge is 0.240 e. The van der Waals surface area contributed by atoms with E-state index < -0.39 is 17.9 Å². The molecule has 1 unspecified atom stereocenters. The maximum Gasteiger partial charge on any atom is 0.240 e. The Kier molecular flexibility index (Phi) is 6.96. The summed E-state index contributed by atoms with van der Waals surface area (Å²) in [4.78, 5) is 35.4. The van der Waals surface area contributed by atoms with Crippen LogP contribution in [0.5, 0.6) is 0 Å². The second kappa shape index (κ2) is 7.65. The van der Waals surface area contributed by atoms with Crippen molar-refractivity contribution in [2.24, 2.45) is 11.5 Å². The van der Waals surface area contributed by atoms with Crippen molar-refractivity contribution in [1.29, 1.82) is 0 Å². The van der Waals surface area contributed by atoms with Crippen molar-refractivity contribution in [2.45, 2.75) is 39.3 Å². The zero-order valence-electron chi connectivity index (χ0n) is 11.1. The van der Waals surface area contributed by atoms with Gasteiger partial charge in [-0.3, -0.25) is 14.4 Å². The van der Waals surface area contributed by atoms with E-state index >= 15 is 0 Å². The molecule has 1 atom stereocenters. The minimum atomic E-state index is -0.991. The molecule has 104 valence electrons. The molecular formula is C11H22N4O3. The maximum absolute atomic E-state index is 11.8. The molecule has 0 rings (SSSR count). The molecule has 5 N–H and O–H groups in total. The fourth-order valence-electron chi connectivity index (χ4n) is 1.43. The molecule has 7 heteroatoms. The highest BCUT2D eigenvalue weighted by Crippen LogP contribution is 1.97. The zero-order chi connectivity index (χ0) is 14.3. The van der Waals surface area contributed by atoms with Gasteiger partial charge in [0.2, 0.25) is 17.7 Å². The van der Waals surface area contributed by atoms with Crippen LogP contribution in [-0.2, 0) is 14.4 Å². The highest BCUT2D eigenvalue weighted by molar-refractivity contribution is 5.90. The van der Waals surface area contributed by atoms with E-state index in [1.165, 1.54) is 4.90 Å². The van der Waals surface area contributed by atoms with E-state index in [0.717, 1.165) is 0 Å². The van der Waals surface area contributed by atoms with Crippen molar-refractivity contribution < 1.29 is 14.4 Å². The highest BCUT2D eigenvalue weighted by atomic mass is 16.2. The van der Waals surface area contributed by atoms with E-state index in [1.807, 2.05) is 13.8 Å². The Balaban J connectivity index is 4.44. The van der Waals surface area contributed by atoms with Crippen LogP contribution >= 0.6 is 0 Å². The fourth-order valence-corrected chi connectivity index (χ4v) is 1.43. The summed E-state index contributed by atoms with van der Waals surface area (Å²) in [5.41, 5.74) is 10.5. The molecule has 0 aromatic heterocycles. The summed E-state index contributed by atoms with van der Waals surface area (Å²) in [6.07, 6.45) is -0.221. The average molecular weight is 258 g/mol. The molecule has 0 spiro atoms. The molecule has 0 saturated heterocycles. The fraction of sp³-hybridized carbons (Fsp3) is 0.727. The Bertz CT molecular complexity index is 317. The van der Waals surface area contributed by atoms with E-state index in [0.29, 0.717) is 6.54 Å². The van der Waals surface area contributed by atoms with E-state index in [4.69, 9.17) is 11.5 Å². The van der Waals surface area contributed by atoms with Gasteiger partial charge in [-0.05, 0) is 20.8 Å². The van der Waals surface area contributed by atoms with Crippen LogP contribution in [0.1, 0.15) is 27.2 Å². The van der Waals surface area contributed by atoms with E-state index in [-0.39, 0.29) is 24.9 Å². The SMILES string of the molecule is CCN(CC(=O)NC(C)C)C(=O)C(N)CC(N)=O. The molecule has 0 fully saturated rings. The molecule has 0 saturated carbocycles. The standard InChI is InChI=1S/C11H22N4O3/c1-4-15(6-10(17)14-7(2)3)11(18)8(12)5-9(13)16/h7-8H,4-6,12H2,1-3H3,(H2,13,16)(H,14,17). The summed E-state index contributed by atoms with van der Waals surface area (Å²) in [7, 11) is 0. The third-order valence-electron chi connectivity index (χ3n) is 2.22. The van der Waals surface area contributed by atoms with Gasteiger partial charge in [-0.15, -0.1) is 0 Å². The van der Waals surface area contributed by atoms with E-state index in [1.54, 1.807) is 6.92 Å². The highest BCUT2D eigenvalue weighted by Gasteiger charge is 2.23. The molecule has 0 aromatic rings. The lowest BCUT2D eigenvalue weighted by atomic mass is 10.2. The molecule has 0 aliphatic rings. The molecular weight excluding hydrogens is 236 g/mol. The van der Waals surface area contributed by atoms with Crippen molar-refractivity contribution in [2.75, 3.05) is 13.1 Å². The molecule has 0 aliphatic heterocycles. The topological polar surface area (TPSA) is 119 Å². The van der Waals surface area contributed by atoms with Crippen molar-refractivity contribution >= 4 is 17.7 Å². The monoisotopic (exact) mass is 258 g/mol. The largest absolute Gasteiger partial charge is 0.370 e. The number of nitrogens with two attached hydrogens (primary N) is 2. The van der Waals surface area contributed by atoms with Crippen LogP contribution in [0.2, 0.25) is 0 Å². The molecule has 0 bridgehead atoms. The molecule has 7 nitrogen and oxygen atoms in total. The Labute approximate surface area is 107 Å². The molecule has 0 radical (unpaired) electrons. The van der Waals surface area contributed by atoms with Crippen molar-refractivity contribution in [3.63, 3.8) is 0 Å². The van der Waals surface area contributed by atoms with Gasteiger partial charge in [0.05, 0.1) is 19.0 Å². The average Bonchev–Trinajstić information content (AvgIpc) is 2.22. The van der Waals surface area contributed by atoms with Crippen LogP contribution < -0.4 is 16.8 Å². The first-order valence-corrected chi connectivity index (χ1v) is 5.89. The summed E-state index contributed by atoms with van der Waals surface area (Å²) in [6.45, 7) is 5.66. The van der Waals surface area contributed by atoms with Gasteiger partial charge in [0.1, 0.15) is 0 Å². The van der Waals surface area contributed by atoms with Gasteiger partial charge in [0.15, 0.2) is 0 Å². The van der Waals surface area contributed by atoms with E-state index in [9.17, 15) is 14.4 Å². The van der Waals surface area contributed by atoms with Crippen molar-refractivity contribution in [1.82, 2.24) is 10.2 Å². The summed E-state index contributed by atoms with van der Waals surface area (Å²) in [5.74, 6) is -1.35. The lowest BCUT2D eigenvalue weighted by molar-refractivity contribution is -0.138. The van der Waals surface area contributed by atoms with Crippen LogP contribution in [-0.4, -0.2) is 47.8 Å². The Morgan fingerprint density at radius 3 is 2.22 bits per heavy atom. The quantitative estimate of drug-likeness (QED) is 0.518. The predicted octanol–water partition coefficient (Wildman–Crippen LogP) is -1.44. The first-order valence-electron chi connectivity index (χ1n) is 5.89. The van der Waals surface area contributed by atoms with Crippen molar-refractivity contribution in [3.05, 3.63) is 0 Å². The molecule has 18 heavy (non-hydrogen) atoms. The van der Waals surface area contributed by atoms with Gasteiger partial charge in [0, 0.05) is 12.6 Å². The van der Waals surface area contributed by atoms with Gasteiger partial charge in [-0.1, -0.05) is 0 Å². The van der Waals surface area contributed by atoms with Gasteiger partial charge in [-0.25, -0.2) is 0 Å². The number of carbonyl (C=O) groups is 3. The number of likely N-dealkylation sites (N-methyl/N-ethyl adjacent to an activating group) is 1. The minimum absolute atomic E-state index is 0.00519. The van der Waals surface area contributed by atoms with Gasteiger partial charge in [-0.2, -0.15) is 0 Å². The Morgan fingerprint density at radius 1 is 1.28 bits per heavy atom. The number of hydrogen-bond acceptors (Lipinski definition) is 4. The lowest BCUT2D eigenvalue weighted by Gasteiger charge is -2.23. The molecule has 3 amide bonds. The number of hydrogen-bond donors (Lipinski definition) is 3. The predicted molar refractivity (Wildman–Crippen MR) is 67.3 cm³/mol. The number of rotatable bonds is 7. The number of carbonyl (C=O) groups excluding carboxylic acids is 3. The molecule has 0 heterocycles. The summed E-state index contributed by atoms with van der Waals surface area (Å²) in [6, 6.07) is -0.986. The Morgan fingerprint density at radius 2 is 1.83 bits per heavy atom. The molecule has 0 aromatic carbocycles. The zero-order valence-corrected chi connectivity index (χ0v) is 11.1. The number of primary amides is 1. The maximum atomic E-state index is 11.8. The van der Waals surface area contributed by atoms with Crippen LogP contribution in [0, 0.1) is 0 Å². The van der Waals surface area contributed by atoms with Crippen LogP contribution in [0.3, 0.4) is 0 Å². The van der Waals surface area contributed by atoms with Crippen LogP contribution in [0.4, 0.5) is 0 Å². The summed E-state index contributed by atoms with van der Waals surface area (Å²) < 4.78 is 0. The second-order valence-corrected chi connectivity index (χ2v) is 4.35. The molecule has 0 aliphatic carbocycles. The van der Waals surface area contributed by atoms with Crippen molar-refractivity contribution in [3.8, 4) is 0 Å². The van der Waals surface area contributed by atoms with Crippen LogP contribution in [0.25, 0.3) is 0 Å². The third kappa shape index (κ3) is 6.19. The summed E-state index contributed by atoms with van der Waals surface area (Å²) in [5, 5.41) is 2.68. The first kappa shape index (κ1) is 16.4. The number of amides is 3. The number of nitrogens with zero attached hydrogens (tertiary/aromatic N) is 1. The number of nitrogens with one attached hydrogen (secondary N) is 1. The van der Waals surface area contributed by atoms with Gasteiger partial charge >= 0.3 is 0 Å². The van der Waals surface area contributed by atoms with Gasteiger partial charge < -0.3 is 21.7 Å². The first-order chi connectivity index (χ1) is 8.27. The van der Waals surface area contributed by atoms with Gasteiger partial charge in [0.25, 0.3) is 0 Å². The normalized spacial score (nSPS) is 12.1. The Hall–Kier alpha value is -1.63. The van der Waals surface area contributed by atoms with E-state index in [2.05, 4.69) is 5.32 Å². The third-order valence-corrected chi connectivity index (χ3v) is 2.22. The minimum Gasteiger partial charge on any atom is -0.370 e. The summed E-state index contributed by atoms with van der Waals surface area (Å²) >= 11 is 0. The van der Waals surface area contributed by atoms with Crippen LogP contribution in [0.15, 0.2) is 0 Å².